The topological polar surface area (TPSA) is 54.5 Å². The van der Waals surface area contributed by atoms with Gasteiger partial charge in [-0.3, -0.25) is 4.79 Å². The van der Waals surface area contributed by atoms with Crippen molar-refractivity contribution in [2.75, 3.05) is 18.6 Å². The summed E-state index contributed by atoms with van der Waals surface area (Å²) in [6, 6.07) is 0. The second kappa shape index (κ2) is 5.43. The first-order valence-corrected chi connectivity index (χ1v) is 8.31. The van der Waals surface area contributed by atoms with Gasteiger partial charge in [0.15, 0.2) is 0 Å². The third kappa shape index (κ3) is 4.44. The van der Waals surface area contributed by atoms with Gasteiger partial charge in [-0.25, -0.2) is 8.42 Å². The Morgan fingerprint density at radius 3 is 2.17 bits per heavy atom. The molecular weight excluding hydrogens is 250 g/mol. The van der Waals surface area contributed by atoms with Gasteiger partial charge < -0.3 is 4.90 Å². The highest BCUT2D eigenvalue weighted by Crippen LogP contribution is 2.24. The molecule has 0 aromatic carbocycles. The number of carbonyl (C=O) groups excluding carboxylic acids is 1. The molecule has 4 nitrogen and oxygen atoms in total. The van der Waals surface area contributed by atoms with Gasteiger partial charge in [0.2, 0.25) is 5.91 Å². The van der Waals surface area contributed by atoms with E-state index in [1.807, 2.05) is 32.9 Å². The maximum atomic E-state index is 12.4. The Bertz CT molecular complexity index is 424. The zero-order chi connectivity index (χ0) is 14.0. The van der Waals surface area contributed by atoms with Crippen molar-refractivity contribution in [2.24, 2.45) is 5.92 Å². The van der Waals surface area contributed by atoms with Crippen molar-refractivity contribution in [3.8, 4) is 0 Å². The molecule has 104 valence electrons. The fraction of sp³-hybridized carbons (Fsp3) is 0.769. The van der Waals surface area contributed by atoms with Crippen LogP contribution in [0.15, 0.2) is 12.2 Å². The molecule has 0 N–H and O–H groups in total. The van der Waals surface area contributed by atoms with E-state index >= 15 is 0 Å². The van der Waals surface area contributed by atoms with Crippen LogP contribution in [0, 0.1) is 5.92 Å². The van der Waals surface area contributed by atoms with E-state index in [9.17, 15) is 13.2 Å². The quantitative estimate of drug-likeness (QED) is 0.731. The van der Waals surface area contributed by atoms with Crippen LogP contribution in [-0.2, 0) is 14.6 Å². The van der Waals surface area contributed by atoms with Crippen LogP contribution < -0.4 is 0 Å². The third-order valence-electron chi connectivity index (χ3n) is 3.12. The number of sulfone groups is 1. The van der Waals surface area contributed by atoms with E-state index in [1.165, 1.54) is 6.26 Å². The Hall–Kier alpha value is -0.840. The molecule has 0 unspecified atom stereocenters. The van der Waals surface area contributed by atoms with E-state index in [4.69, 9.17) is 0 Å². The first-order valence-electron chi connectivity index (χ1n) is 6.25. The van der Waals surface area contributed by atoms with Crippen LogP contribution in [0.4, 0.5) is 0 Å². The lowest BCUT2D eigenvalue weighted by Gasteiger charge is -2.37. The molecule has 0 aliphatic heterocycles. The van der Waals surface area contributed by atoms with Crippen LogP contribution in [0.1, 0.15) is 33.6 Å². The van der Waals surface area contributed by atoms with Crippen molar-refractivity contribution in [3.05, 3.63) is 12.2 Å². The van der Waals surface area contributed by atoms with Crippen LogP contribution in [0.25, 0.3) is 0 Å². The molecule has 0 fully saturated rings. The maximum absolute atomic E-state index is 12.4. The van der Waals surface area contributed by atoms with Gasteiger partial charge in [0, 0.05) is 24.3 Å². The molecule has 0 saturated carbocycles. The SMILES string of the molecule is CC(C)(C)N(CCS(C)(=O)=O)C(=O)C1CC=CC1. The van der Waals surface area contributed by atoms with Crippen molar-refractivity contribution in [1.82, 2.24) is 4.90 Å². The summed E-state index contributed by atoms with van der Waals surface area (Å²) in [5, 5.41) is 0. The highest BCUT2D eigenvalue weighted by Gasteiger charge is 2.32. The second-order valence-corrected chi connectivity index (χ2v) is 8.19. The van der Waals surface area contributed by atoms with E-state index in [0.717, 1.165) is 12.8 Å². The van der Waals surface area contributed by atoms with Crippen LogP contribution in [-0.4, -0.2) is 43.3 Å². The molecule has 0 bridgehead atoms. The monoisotopic (exact) mass is 273 g/mol. The molecule has 0 radical (unpaired) electrons. The molecular formula is C13H23NO3S. The molecule has 0 aromatic heterocycles. The van der Waals surface area contributed by atoms with E-state index in [2.05, 4.69) is 0 Å². The third-order valence-corrected chi connectivity index (χ3v) is 4.04. The number of nitrogens with zero attached hydrogens (tertiary/aromatic N) is 1. The predicted molar refractivity (Wildman–Crippen MR) is 73.0 cm³/mol. The smallest absolute Gasteiger partial charge is 0.226 e. The first-order chi connectivity index (χ1) is 8.11. The average molecular weight is 273 g/mol. The number of carbonyl (C=O) groups is 1. The summed E-state index contributed by atoms with van der Waals surface area (Å²) in [5.74, 6) is 0.0795. The molecule has 5 heteroatoms. The largest absolute Gasteiger partial charge is 0.337 e. The minimum atomic E-state index is -3.05. The van der Waals surface area contributed by atoms with Crippen molar-refractivity contribution in [3.63, 3.8) is 0 Å². The molecule has 0 spiro atoms. The van der Waals surface area contributed by atoms with Crippen molar-refractivity contribution in [2.45, 2.75) is 39.2 Å². The van der Waals surface area contributed by atoms with Gasteiger partial charge in [0.05, 0.1) is 5.75 Å². The van der Waals surface area contributed by atoms with Crippen LogP contribution >= 0.6 is 0 Å². The van der Waals surface area contributed by atoms with Gasteiger partial charge >= 0.3 is 0 Å². The Kier molecular flexibility index (Phi) is 4.59. The van der Waals surface area contributed by atoms with E-state index in [-0.39, 0.29) is 29.7 Å². The van der Waals surface area contributed by atoms with Gasteiger partial charge in [-0.1, -0.05) is 12.2 Å². The minimum Gasteiger partial charge on any atom is -0.337 e. The zero-order valence-electron chi connectivity index (χ0n) is 11.6. The summed E-state index contributed by atoms with van der Waals surface area (Å²) < 4.78 is 22.5. The van der Waals surface area contributed by atoms with Gasteiger partial charge in [0.1, 0.15) is 9.84 Å². The summed E-state index contributed by atoms with van der Waals surface area (Å²) >= 11 is 0. The number of amides is 1. The number of allylic oxidation sites excluding steroid dienone is 2. The van der Waals surface area contributed by atoms with E-state index in [0.29, 0.717) is 0 Å². The van der Waals surface area contributed by atoms with E-state index < -0.39 is 9.84 Å². The highest BCUT2D eigenvalue weighted by molar-refractivity contribution is 7.90. The number of hydrogen-bond donors (Lipinski definition) is 0. The molecule has 0 atom stereocenters. The Labute approximate surface area is 110 Å². The fourth-order valence-corrected chi connectivity index (χ4v) is 2.59. The maximum Gasteiger partial charge on any atom is 0.226 e. The Balaban J connectivity index is 2.75. The number of hydrogen-bond acceptors (Lipinski definition) is 3. The molecule has 1 amide bonds. The summed E-state index contributed by atoms with van der Waals surface area (Å²) in [6.07, 6.45) is 6.77. The fourth-order valence-electron chi connectivity index (χ4n) is 2.07. The standard InChI is InChI=1S/C13H23NO3S/c1-13(2,3)14(9-10-18(4,16)17)12(15)11-7-5-6-8-11/h5-6,11H,7-10H2,1-4H3. The first kappa shape index (κ1) is 15.2. The molecule has 1 aliphatic rings. The lowest BCUT2D eigenvalue weighted by atomic mass is 10.00. The molecule has 0 heterocycles. The second-order valence-electron chi connectivity index (χ2n) is 5.93. The summed E-state index contributed by atoms with van der Waals surface area (Å²) in [5.41, 5.74) is -0.343. The van der Waals surface area contributed by atoms with Gasteiger partial charge in [-0.15, -0.1) is 0 Å². The predicted octanol–water partition coefficient (Wildman–Crippen LogP) is 1.62. The normalized spacial score (nSPS) is 17.1. The highest BCUT2D eigenvalue weighted by atomic mass is 32.2. The van der Waals surface area contributed by atoms with Crippen LogP contribution in [0.2, 0.25) is 0 Å². The van der Waals surface area contributed by atoms with E-state index in [1.54, 1.807) is 4.90 Å². The number of rotatable bonds is 4. The Morgan fingerprint density at radius 2 is 1.78 bits per heavy atom. The summed E-state index contributed by atoms with van der Waals surface area (Å²) in [7, 11) is -3.05. The average Bonchev–Trinajstić information content (AvgIpc) is 2.65. The van der Waals surface area contributed by atoms with Gasteiger partial charge in [-0.05, 0) is 33.6 Å². The minimum absolute atomic E-state index is 0.0104. The van der Waals surface area contributed by atoms with Crippen molar-refractivity contribution < 1.29 is 13.2 Å². The molecule has 1 rings (SSSR count). The molecule has 1 aliphatic carbocycles. The zero-order valence-corrected chi connectivity index (χ0v) is 12.5. The molecule has 18 heavy (non-hydrogen) atoms. The van der Waals surface area contributed by atoms with Crippen LogP contribution in [0.3, 0.4) is 0 Å². The van der Waals surface area contributed by atoms with Gasteiger partial charge in [-0.2, -0.15) is 0 Å². The summed E-state index contributed by atoms with van der Waals surface area (Å²) in [4.78, 5) is 14.1. The molecule has 0 aromatic rings. The lowest BCUT2D eigenvalue weighted by molar-refractivity contribution is -0.139. The van der Waals surface area contributed by atoms with Crippen LogP contribution in [0.5, 0.6) is 0 Å². The van der Waals surface area contributed by atoms with Crippen molar-refractivity contribution in [1.29, 1.82) is 0 Å². The molecule has 0 saturated heterocycles. The summed E-state index contributed by atoms with van der Waals surface area (Å²) in [6.45, 7) is 6.10. The Morgan fingerprint density at radius 1 is 1.28 bits per heavy atom. The lowest BCUT2D eigenvalue weighted by Crippen LogP contribution is -2.49. The van der Waals surface area contributed by atoms with Gasteiger partial charge in [0.25, 0.3) is 0 Å². The van der Waals surface area contributed by atoms with Crippen molar-refractivity contribution >= 4 is 15.7 Å².